The predicted octanol–water partition coefficient (Wildman–Crippen LogP) is 0.227. The molecule has 0 saturated heterocycles. The Labute approximate surface area is 52.1 Å². The van der Waals surface area contributed by atoms with E-state index >= 15 is 0 Å². The van der Waals surface area contributed by atoms with Crippen molar-refractivity contribution in [1.82, 2.24) is 0 Å². The number of nitrogens with zero attached hydrogens (tertiary/aromatic N) is 2. The maximum atomic E-state index is 10.4. The van der Waals surface area contributed by atoms with Gasteiger partial charge >= 0.3 is 0 Å². The van der Waals surface area contributed by atoms with E-state index in [2.05, 4.69) is 14.4 Å². The van der Waals surface area contributed by atoms with Gasteiger partial charge in [-0.05, 0) is 0 Å². The molecule has 0 aromatic rings. The third-order valence-corrected chi connectivity index (χ3v) is 1.52. The Morgan fingerprint density at radius 2 is 2.33 bits per heavy atom. The summed E-state index contributed by atoms with van der Waals surface area (Å²) in [5.41, 5.74) is 0. The van der Waals surface area contributed by atoms with Crippen molar-refractivity contribution >= 4 is 10.0 Å². The van der Waals surface area contributed by atoms with E-state index in [4.69, 9.17) is 0 Å². The van der Waals surface area contributed by atoms with Crippen LogP contribution in [0.25, 0.3) is 0 Å². The normalized spacial score (nSPS) is 21.7. The van der Waals surface area contributed by atoms with E-state index in [0.717, 1.165) is 5.41 Å². The molecule has 6 heteroatoms. The van der Waals surface area contributed by atoms with Crippen molar-refractivity contribution in [3.05, 3.63) is 11.3 Å². The first-order valence-electron chi connectivity index (χ1n) is 2.08. The van der Waals surface area contributed by atoms with Gasteiger partial charge < -0.3 is 4.74 Å². The summed E-state index contributed by atoms with van der Waals surface area (Å²) in [7, 11) is -2.11. The van der Waals surface area contributed by atoms with Crippen molar-refractivity contribution in [2.45, 2.75) is 0 Å². The molecule has 0 N–H and O–H groups in total. The summed E-state index contributed by atoms with van der Waals surface area (Å²) in [5, 5.41) is 4.04. The van der Waals surface area contributed by atoms with E-state index in [1.807, 2.05) is 0 Å². The standard InChI is InChI=1S/C3H4N2O3S/c1-8-3-2-9(6,7)5-4-3/h2H,1H3. The van der Waals surface area contributed by atoms with Crippen LogP contribution < -0.4 is 0 Å². The van der Waals surface area contributed by atoms with Crippen LogP contribution >= 0.6 is 0 Å². The van der Waals surface area contributed by atoms with Crippen LogP contribution in [0.1, 0.15) is 0 Å². The summed E-state index contributed by atoms with van der Waals surface area (Å²) in [6.45, 7) is 0. The molecule has 0 unspecified atom stereocenters. The number of hydrogen-bond acceptors (Lipinski definition) is 4. The molecule has 1 rings (SSSR count). The average molecular weight is 148 g/mol. The quantitative estimate of drug-likeness (QED) is 0.534. The number of rotatable bonds is 1. The summed E-state index contributed by atoms with van der Waals surface area (Å²) in [5.74, 6) is 0.0231. The Kier molecular flexibility index (Phi) is 1.24. The molecule has 1 heterocycles. The second kappa shape index (κ2) is 1.80. The lowest BCUT2D eigenvalue weighted by Gasteiger charge is -1.86. The molecule has 1 aliphatic rings. The second-order valence-electron chi connectivity index (χ2n) is 1.36. The summed E-state index contributed by atoms with van der Waals surface area (Å²) >= 11 is 0. The van der Waals surface area contributed by atoms with E-state index in [0.29, 0.717) is 0 Å². The molecule has 9 heavy (non-hydrogen) atoms. The number of hydrogen-bond donors (Lipinski definition) is 0. The van der Waals surface area contributed by atoms with Crippen molar-refractivity contribution < 1.29 is 13.2 Å². The molecule has 5 nitrogen and oxygen atoms in total. The van der Waals surface area contributed by atoms with Crippen LogP contribution in [-0.2, 0) is 14.8 Å². The maximum absolute atomic E-state index is 10.4. The monoisotopic (exact) mass is 148 g/mol. The topological polar surface area (TPSA) is 68.1 Å². The molecule has 0 spiro atoms. The van der Waals surface area contributed by atoms with Gasteiger partial charge in [-0.3, -0.25) is 0 Å². The van der Waals surface area contributed by atoms with Crippen molar-refractivity contribution in [3.8, 4) is 0 Å². The first-order valence-corrected chi connectivity index (χ1v) is 3.58. The van der Waals surface area contributed by atoms with Crippen LogP contribution in [0.3, 0.4) is 0 Å². The largest absolute Gasteiger partial charge is 0.479 e. The minimum absolute atomic E-state index is 0.0231. The Morgan fingerprint density at radius 1 is 1.67 bits per heavy atom. The van der Waals surface area contributed by atoms with Crippen LogP contribution in [-0.4, -0.2) is 15.5 Å². The summed E-state index contributed by atoms with van der Waals surface area (Å²) in [6.07, 6.45) is 0. The molecule has 0 aliphatic carbocycles. The number of methoxy groups -OCH3 is 1. The molecule has 0 bridgehead atoms. The van der Waals surface area contributed by atoms with E-state index in [1.54, 1.807) is 0 Å². The van der Waals surface area contributed by atoms with Crippen LogP contribution in [0.15, 0.2) is 20.9 Å². The Hall–Kier alpha value is -0.910. The molecule has 0 aromatic heterocycles. The fourth-order valence-electron chi connectivity index (χ4n) is 0.361. The lowest BCUT2D eigenvalue weighted by Crippen LogP contribution is -1.83. The molecule has 0 aromatic carbocycles. The molecular formula is C3H4N2O3S. The summed E-state index contributed by atoms with van der Waals surface area (Å²) in [6, 6.07) is 0. The zero-order valence-corrected chi connectivity index (χ0v) is 5.42. The first-order chi connectivity index (χ1) is 4.14. The van der Waals surface area contributed by atoms with E-state index in [9.17, 15) is 8.42 Å². The second-order valence-corrected chi connectivity index (χ2v) is 2.79. The van der Waals surface area contributed by atoms with Gasteiger partial charge in [-0.25, -0.2) is 0 Å². The minimum atomic E-state index is -3.44. The van der Waals surface area contributed by atoms with Crippen LogP contribution in [0.4, 0.5) is 0 Å². The van der Waals surface area contributed by atoms with Crippen LogP contribution in [0, 0.1) is 0 Å². The number of sulfonamides is 1. The first kappa shape index (κ1) is 6.21. The SMILES string of the molecule is COC1=CS(=O)(=O)N=N1. The van der Waals surface area contributed by atoms with Gasteiger partial charge in [-0.2, -0.15) is 8.42 Å². The minimum Gasteiger partial charge on any atom is -0.479 e. The Bertz CT molecular complexity index is 263. The molecule has 0 saturated carbocycles. The lowest BCUT2D eigenvalue weighted by molar-refractivity contribution is 0.287. The van der Waals surface area contributed by atoms with Gasteiger partial charge in [0.15, 0.2) is 0 Å². The Morgan fingerprint density at radius 3 is 2.56 bits per heavy atom. The van der Waals surface area contributed by atoms with Crippen LogP contribution in [0.2, 0.25) is 0 Å². The van der Waals surface area contributed by atoms with Gasteiger partial charge in [0, 0.05) is 0 Å². The van der Waals surface area contributed by atoms with Gasteiger partial charge in [-0.1, -0.05) is 9.63 Å². The Balaban J connectivity index is 3.01. The summed E-state index contributed by atoms with van der Waals surface area (Å²) < 4.78 is 28.1. The molecule has 0 radical (unpaired) electrons. The van der Waals surface area contributed by atoms with Crippen molar-refractivity contribution in [3.63, 3.8) is 0 Å². The van der Waals surface area contributed by atoms with Gasteiger partial charge in [0.05, 0.1) is 7.11 Å². The lowest BCUT2D eigenvalue weighted by atomic mass is 10.9. The van der Waals surface area contributed by atoms with Gasteiger partial charge in [0.2, 0.25) is 5.88 Å². The fourth-order valence-corrected chi connectivity index (χ4v) is 1.00. The highest BCUT2D eigenvalue weighted by molar-refractivity contribution is 7.93. The highest BCUT2D eigenvalue weighted by Crippen LogP contribution is 2.12. The molecule has 0 amide bonds. The maximum Gasteiger partial charge on any atom is 0.298 e. The fraction of sp³-hybridized carbons (Fsp3) is 0.333. The zero-order valence-electron chi connectivity index (χ0n) is 4.60. The molecule has 1 aliphatic heterocycles. The third-order valence-electron chi connectivity index (χ3n) is 0.712. The number of ether oxygens (including phenoxy) is 1. The average Bonchev–Trinajstić information content (AvgIpc) is 2.10. The van der Waals surface area contributed by atoms with E-state index in [-0.39, 0.29) is 5.88 Å². The van der Waals surface area contributed by atoms with Gasteiger partial charge in [0.1, 0.15) is 5.41 Å². The van der Waals surface area contributed by atoms with Crippen LogP contribution in [0.5, 0.6) is 0 Å². The van der Waals surface area contributed by atoms with E-state index in [1.165, 1.54) is 7.11 Å². The summed E-state index contributed by atoms with van der Waals surface area (Å²) in [4.78, 5) is 0. The highest BCUT2D eigenvalue weighted by Gasteiger charge is 2.14. The predicted molar refractivity (Wildman–Crippen MR) is 28.9 cm³/mol. The molecule has 0 atom stereocenters. The van der Waals surface area contributed by atoms with Crippen molar-refractivity contribution in [2.24, 2.45) is 9.63 Å². The molecule has 50 valence electrons. The zero-order chi connectivity index (χ0) is 6.91. The molecule has 0 fully saturated rings. The van der Waals surface area contributed by atoms with Crippen molar-refractivity contribution in [1.29, 1.82) is 0 Å². The van der Waals surface area contributed by atoms with Crippen molar-refractivity contribution in [2.75, 3.05) is 7.11 Å². The van der Waals surface area contributed by atoms with Gasteiger partial charge in [0.25, 0.3) is 10.0 Å². The third kappa shape index (κ3) is 1.26. The smallest absolute Gasteiger partial charge is 0.298 e. The molecular weight excluding hydrogens is 144 g/mol. The van der Waals surface area contributed by atoms with E-state index < -0.39 is 10.0 Å². The van der Waals surface area contributed by atoms with Gasteiger partial charge in [-0.15, -0.1) is 0 Å². The highest BCUT2D eigenvalue weighted by atomic mass is 32.2.